The van der Waals surface area contributed by atoms with Crippen LogP contribution < -0.4 is 14.4 Å². The van der Waals surface area contributed by atoms with Gasteiger partial charge in [0.1, 0.15) is 18.1 Å². The van der Waals surface area contributed by atoms with Crippen molar-refractivity contribution in [2.75, 3.05) is 18.0 Å². The largest absolute Gasteiger partial charge is 0.495 e. The monoisotopic (exact) mass is 490 g/mol. The Hall–Kier alpha value is -4.11. The lowest BCUT2D eigenvalue weighted by Crippen LogP contribution is -2.41. The fourth-order valence-corrected chi connectivity index (χ4v) is 5.22. The minimum Gasteiger partial charge on any atom is -0.495 e. The van der Waals surface area contributed by atoms with Gasteiger partial charge in [-0.25, -0.2) is 13.4 Å². The molecule has 1 N–H and O–H groups in total. The predicted molar refractivity (Wildman–Crippen MR) is 134 cm³/mol. The van der Waals surface area contributed by atoms with E-state index in [4.69, 9.17) is 4.74 Å². The summed E-state index contributed by atoms with van der Waals surface area (Å²) < 4.78 is 35.5. The van der Waals surface area contributed by atoms with Crippen molar-refractivity contribution < 1.29 is 17.9 Å². The molecule has 1 aromatic heterocycles. The molecule has 0 aliphatic rings. The molecule has 0 unspecified atom stereocenters. The van der Waals surface area contributed by atoms with Gasteiger partial charge in [-0.05, 0) is 42.8 Å². The van der Waals surface area contributed by atoms with Gasteiger partial charge in [0.25, 0.3) is 10.0 Å². The molecule has 35 heavy (non-hydrogen) atoms. The van der Waals surface area contributed by atoms with Gasteiger partial charge >= 0.3 is 0 Å². The van der Waals surface area contributed by atoms with Crippen LogP contribution in [0.1, 0.15) is 11.4 Å². The Morgan fingerprint density at radius 1 is 1.00 bits per heavy atom. The Bertz CT molecular complexity index is 1420. The number of aromatic nitrogens is 2. The maximum atomic E-state index is 13.5. The molecule has 0 spiro atoms. The van der Waals surface area contributed by atoms with Crippen molar-refractivity contribution in [1.29, 1.82) is 0 Å². The topological polar surface area (TPSA) is 93.5 Å². The molecule has 3 aromatic carbocycles. The second-order valence-electron chi connectivity index (χ2n) is 7.75. The number of imidazole rings is 1. The molecule has 4 rings (SSSR count). The first-order valence-electron chi connectivity index (χ1n) is 11.0. The van der Waals surface area contributed by atoms with Crippen molar-refractivity contribution in [2.24, 2.45) is 0 Å². The summed E-state index contributed by atoms with van der Waals surface area (Å²) in [6, 6.07) is 22.4. The molecule has 0 bridgehead atoms. The Morgan fingerprint density at radius 2 is 1.69 bits per heavy atom. The Morgan fingerprint density at radius 3 is 2.40 bits per heavy atom. The van der Waals surface area contributed by atoms with Gasteiger partial charge in [-0.15, -0.1) is 0 Å². The first kappa shape index (κ1) is 24.0. The van der Waals surface area contributed by atoms with Crippen LogP contribution in [0, 0.1) is 6.92 Å². The third kappa shape index (κ3) is 5.20. The highest BCUT2D eigenvalue weighted by atomic mass is 32.2. The molecule has 0 atom stereocenters. The molecule has 0 radical (unpaired) electrons. The molecule has 9 heteroatoms. The lowest BCUT2D eigenvalue weighted by Gasteiger charge is -2.25. The molecule has 1 amide bonds. The molecule has 0 saturated carbocycles. The molecule has 4 aromatic rings. The SMILES string of the molecule is COc1ccccc1N(CC(=O)NCc1ccccc1-n1ccnc1C)S(=O)(=O)c1ccccc1. The second kappa shape index (κ2) is 10.4. The zero-order valence-corrected chi connectivity index (χ0v) is 20.3. The van der Waals surface area contributed by atoms with Gasteiger partial charge in [0.15, 0.2) is 0 Å². The third-order valence-corrected chi connectivity index (χ3v) is 7.30. The number of ether oxygens (including phenoxy) is 1. The van der Waals surface area contributed by atoms with Gasteiger partial charge in [0.05, 0.1) is 23.4 Å². The summed E-state index contributed by atoms with van der Waals surface area (Å²) in [6.07, 6.45) is 3.57. The van der Waals surface area contributed by atoms with E-state index in [0.717, 1.165) is 21.4 Å². The summed E-state index contributed by atoms with van der Waals surface area (Å²) in [7, 11) is -2.57. The van der Waals surface area contributed by atoms with E-state index in [2.05, 4.69) is 10.3 Å². The van der Waals surface area contributed by atoms with Crippen LogP contribution in [0.4, 0.5) is 5.69 Å². The number of benzene rings is 3. The highest BCUT2D eigenvalue weighted by molar-refractivity contribution is 7.92. The molecule has 0 saturated heterocycles. The van der Waals surface area contributed by atoms with Crippen molar-refractivity contribution >= 4 is 21.6 Å². The second-order valence-corrected chi connectivity index (χ2v) is 9.61. The molecule has 0 aliphatic heterocycles. The molecule has 1 heterocycles. The van der Waals surface area contributed by atoms with Gasteiger partial charge in [0.2, 0.25) is 5.91 Å². The van der Waals surface area contributed by atoms with Gasteiger partial charge in [-0.3, -0.25) is 9.10 Å². The number of para-hydroxylation sites is 3. The number of sulfonamides is 1. The molecule has 0 fully saturated rings. The van der Waals surface area contributed by atoms with Crippen LogP contribution >= 0.6 is 0 Å². The number of nitrogens with one attached hydrogen (secondary N) is 1. The minimum absolute atomic E-state index is 0.0830. The van der Waals surface area contributed by atoms with Crippen LogP contribution in [-0.4, -0.2) is 37.5 Å². The fraction of sp³-hybridized carbons (Fsp3) is 0.154. The maximum absolute atomic E-state index is 13.5. The summed E-state index contributed by atoms with van der Waals surface area (Å²) in [5, 5.41) is 2.86. The summed E-state index contributed by atoms with van der Waals surface area (Å²) in [4.78, 5) is 17.4. The lowest BCUT2D eigenvalue weighted by molar-refractivity contribution is -0.119. The van der Waals surface area contributed by atoms with Crippen molar-refractivity contribution in [3.8, 4) is 11.4 Å². The zero-order valence-electron chi connectivity index (χ0n) is 19.5. The summed E-state index contributed by atoms with van der Waals surface area (Å²) in [6.45, 7) is 1.70. The number of hydrogen-bond donors (Lipinski definition) is 1. The molecule has 8 nitrogen and oxygen atoms in total. The van der Waals surface area contributed by atoms with Crippen molar-refractivity contribution in [1.82, 2.24) is 14.9 Å². The zero-order chi connectivity index (χ0) is 24.8. The van der Waals surface area contributed by atoms with Gasteiger partial charge in [0, 0.05) is 18.9 Å². The number of amides is 1. The first-order valence-corrected chi connectivity index (χ1v) is 12.4. The fourth-order valence-electron chi connectivity index (χ4n) is 3.76. The van der Waals surface area contributed by atoms with E-state index < -0.39 is 22.5 Å². The average Bonchev–Trinajstić information content (AvgIpc) is 3.32. The van der Waals surface area contributed by atoms with E-state index in [9.17, 15) is 13.2 Å². The normalized spacial score (nSPS) is 11.1. The van der Waals surface area contributed by atoms with Gasteiger partial charge in [-0.2, -0.15) is 0 Å². The van der Waals surface area contributed by atoms with Crippen LogP contribution in [0.25, 0.3) is 5.69 Å². The number of anilines is 1. The highest BCUT2D eigenvalue weighted by Gasteiger charge is 2.29. The standard InChI is InChI=1S/C26H26N4O4S/c1-20-27-16-17-29(20)23-13-7-6-10-21(23)18-28-26(31)19-30(24-14-8-9-15-25(24)34-2)35(32,33)22-11-4-3-5-12-22/h3-17H,18-19H2,1-2H3,(H,28,31). The van der Waals surface area contributed by atoms with Crippen molar-refractivity contribution in [2.45, 2.75) is 18.4 Å². The quantitative estimate of drug-likeness (QED) is 0.386. The predicted octanol–water partition coefficient (Wildman–Crippen LogP) is 3.70. The minimum atomic E-state index is -4.03. The smallest absolute Gasteiger partial charge is 0.264 e. The van der Waals surface area contributed by atoms with E-state index >= 15 is 0 Å². The number of aryl methyl sites for hydroxylation is 1. The number of carbonyl (C=O) groups is 1. The maximum Gasteiger partial charge on any atom is 0.264 e. The number of hydrogen-bond acceptors (Lipinski definition) is 5. The Balaban J connectivity index is 1.60. The summed E-state index contributed by atoms with van der Waals surface area (Å²) in [5.41, 5.74) is 2.04. The molecule has 0 aliphatic carbocycles. The van der Waals surface area contributed by atoms with Crippen LogP contribution in [0.3, 0.4) is 0 Å². The number of methoxy groups -OCH3 is 1. The van der Waals surface area contributed by atoms with Gasteiger partial charge in [-0.1, -0.05) is 48.5 Å². The van der Waals surface area contributed by atoms with Crippen LogP contribution in [0.2, 0.25) is 0 Å². The third-order valence-electron chi connectivity index (χ3n) is 5.53. The Labute approximate surface area is 204 Å². The van der Waals surface area contributed by atoms with E-state index in [1.807, 2.05) is 42.0 Å². The summed E-state index contributed by atoms with van der Waals surface area (Å²) in [5.74, 6) is 0.716. The van der Waals surface area contributed by atoms with E-state index in [0.29, 0.717) is 5.75 Å². The van der Waals surface area contributed by atoms with Crippen molar-refractivity contribution in [3.05, 3.63) is 103 Å². The van der Waals surface area contributed by atoms with E-state index in [1.165, 1.54) is 19.2 Å². The van der Waals surface area contributed by atoms with Crippen LogP contribution in [0.15, 0.2) is 96.2 Å². The van der Waals surface area contributed by atoms with Crippen LogP contribution in [-0.2, 0) is 21.4 Å². The number of rotatable bonds is 9. The highest BCUT2D eigenvalue weighted by Crippen LogP contribution is 2.32. The van der Waals surface area contributed by atoms with E-state index in [-0.39, 0.29) is 17.1 Å². The molecular weight excluding hydrogens is 464 g/mol. The van der Waals surface area contributed by atoms with E-state index in [1.54, 1.807) is 48.7 Å². The molecular formula is C26H26N4O4S. The lowest BCUT2D eigenvalue weighted by atomic mass is 10.1. The first-order chi connectivity index (χ1) is 16.9. The summed E-state index contributed by atoms with van der Waals surface area (Å²) >= 11 is 0. The average molecular weight is 491 g/mol. The Kier molecular flexibility index (Phi) is 7.17. The van der Waals surface area contributed by atoms with Crippen molar-refractivity contribution in [3.63, 3.8) is 0 Å². The number of carbonyl (C=O) groups excluding carboxylic acids is 1. The number of nitrogens with zero attached hydrogens (tertiary/aromatic N) is 3. The molecule has 180 valence electrons. The van der Waals surface area contributed by atoms with Gasteiger partial charge < -0.3 is 14.6 Å². The van der Waals surface area contributed by atoms with Crippen LogP contribution in [0.5, 0.6) is 5.75 Å².